The van der Waals surface area contributed by atoms with Crippen molar-refractivity contribution < 1.29 is 14.7 Å². The molecule has 0 amide bonds. The molecule has 1 aromatic carbocycles. The quantitative estimate of drug-likeness (QED) is 0.766. The maximum atomic E-state index is 10.7. The molecule has 1 unspecified atom stereocenters. The van der Waals surface area contributed by atoms with Gasteiger partial charge in [0.1, 0.15) is 6.29 Å². The van der Waals surface area contributed by atoms with E-state index < -0.39 is 5.97 Å². The first-order valence-corrected chi connectivity index (χ1v) is 4.81. The van der Waals surface area contributed by atoms with E-state index in [9.17, 15) is 9.59 Å². The third-order valence-corrected chi connectivity index (χ3v) is 2.39. The Morgan fingerprint density at radius 1 is 1.53 bits per heavy atom. The summed E-state index contributed by atoms with van der Waals surface area (Å²) in [6.45, 7) is 3.72. The zero-order valence-corrected chi connectivity index (χ0v) is 8.86. The van der Waals surface area contributed by atoms with Gasteiger partial charge in [0.15, 0.2) is 0 Å². The van der Waals surface area contributed by atoms with Gasteiger partial charge in [-0.25, -0.2) is 0 Å². The second-order valence-electron chi connectivity index (χ2n) is 3.69. The average Bonchev–Trinajstić information content (AvgIpc) is 2.19. The maximum absolute atomic E-state index is 10.7. The Balaban J connectivity index is 3.04. The first kappa shape index (κ1) is 11.4. The molecule has 0 aliphatic rings. The first-order valence-electron chi connectivity index (χ1n) is 4.81. The van der Waals surface area contributed by atoms with Crippen LogP contribution in [-0.2, 0) is 16.0 Å². The van der Waals surface area contributed by atoms with Gasteiger partial charge in [-0.2, -0.15) is 0 Å². The van der Waals surface area contributed by atoms with E-state index >= 15 is 0 Å². The Labute approximate surface area is 88.7 Å². The van der Waals surface area contributed by atoms with Crippen LogP contribution in [0.1, 0.15) is 29.5 Å². The predicted octanol–water partition coefficient (Wildman–Crippen LogP) is 1.92. The van der Waals surface area contributed by atoms with Crippen LogP contribution in [0.3, 0.4) is 0 Å². The lowest BCUT2D eigenvalue weighted by atomic mass is 9.95. The highest BCUT2D eigenvalue weighted by Crippen LogP contribution is 2.19. The van der Waals surface area contributed by atoms with Crippen LogP contribution in [0.25, 0.3) is 0 Å². The molecule has 80 valence electrons. The van der Waals surface area contributed by atoms with Crippen LogP contribution >= 0.6 is 0 Å². The first-order chi connectivity index (χ1) is 7.04. The highest BCUT2D eigenvalue weighted by molar-refractivity contribution is 5.71. The van der Waals surface area contributed by atoms with Gasteiger partial charge in [0.25, 0.3) is 0 Å². The fraction of sp³-hybridized carbons (Fsp3) is 0.333. The molecule has 1 atom stereocenters. The van der Waals surface area contributed by atoms with Gasteiger partial charge in [0.2, 0.25) is 0 Å². The van der Waals surface area contributed by atoms with Crippen LogP contribution in [0, 0.1) is 6.92 Å². The molecular formula is C12H14O3. The summed E-state index contributed by atoms with van der Waals surface area (Å²) < 4.78 is 0. The number of aliphatic carboxylic acids is 1. The molecule has 1 aromatic rings. The zero-order valence-electron chi connectivity index (χ0n) is 8.86. The number of carbonyl (C=O) groups is 2. The smallest absolute Gasteiger partial charge is 0.307 e. The second-order valence-corrected chi connectivity index (χ2v) is 3.69. The monoisotopic (exact) mass is 206 g/mol. The summed E-state index contributed by atoms with van der Waals surface area (Å²) in [5, 5.41) is 8.65. The van der Waals surface area contributed by atoms with Gasteiger partial charge in [0, 0.05) is 5.92 Å². The number of carboxylic acid groups (broad SMARTS) is 1. The Bertz CT molecular complexity index is 382. The number of hydrogen-bond acceptors (Lipinski definition) is 2. The predicted molar refractivity (Wildman–Crippen MR) is 57.0 cm³/mol. The third-order valence-electron chi connectivity index (χ3n) is 2.39. The molecule has 3 heteroatoms. The van der Waals surface area contributed by atoms with Crippen molar-refractivity contribution in [1.29, 1.82) is 0 Å². The van der Waals surface area contributed by atoms with Gasteiger partial charge < -0.3 is 9.90 Å². The lowest BCUT2D eigenvalue weighted by Crippen LogP contribution is -2.03. The van der Waals surface area contributed by atoms with Crippen molar-refractivity contribution in [2.24, 2.45) is 0 Å². The Kier molecular flexibility index (Phi) is 3.61. The summed E-state index contributed by atoms with van der Waals surface area (Å²) in [5.41, 5.74) is 2.66. The molecule has 1 N–H and O–H groups in total. The molecule has 0 radical (unpaired) electrons. The van der Waals surface area contributed by atoms with Crippen molar-refractivity contribution in [1.82, 2.24) is 0 Å². The van der Waals surface area contributed by atoms with Crippen molar-refractivity contribution in [2.75, 3.05) is 0 Å². The molecule has 0 aromatic heterocycles. The summed E-state index contributed by atoms with van der Waals surface area (Å²) in [4.78, 5) is 21.2. The third kappa shape index (κ3) is 2.91. The van der Waals surface area contributed by atoms with Crippen LogP contribution in [0.4, 0.5) is 0 Å². The van der Waals surface area contributed by atoms with Crippen molar-refractivity contribution in [3.05, 3.63) is 34.9 Å². The minimum Gasteiger partial charge on any atom is -0.481 e. The number of carbonyl (C=O) groups excluding carboxylic acids is 1. The molecule has 1 rings (SSSR count). The molecule has 0 saturated carbocycles. The minimum atomic E-state index is -0.858. The fourth-order valence-corrected chi connectivity index (χ4v) is 1.54. The summed E-state index contributed by atoms with van der Waals surface area (Å²) in [5.74, 6) is -1.04. The number of benzene rings is 1. The minimum absolute atomic E-state index is 0.00113. The van der Waals surface area contributed by atoms with Crippen LogP contribution in [0.15, 0.2) is 18.2 Å². The van der Waals surface area contributed by atoms with E-state index in [0.29, 0.717) is 0 Å². The summed E-state index contributed by atoms with van der Waals surface area (Å²) in [6, 6.07) is 5.43. The molecule has 0 fully saturated rings. The summed E-state index contributed by atoms with van der Waals surface area (Å²) >= 11 is 0. The standard InChI is InChI=1S/C12H14O3/c1-8-3-4-10(6-12(14)15)5-11(8)9(2)7-13/h3-5,7,9H,6H2,1-2H3,(H,14,15). The summed E-state index contributed by atoms with van der Waals surface area (Å²) in [7, 11) is 0. The fourth-order valence-electron chi connectivity index (χ4n) is 1.54. The Hall–Kier alpha value is -1.64. The normalized spacial score (nSPS) is 12.1. The molecule has 0 bridgehead atoms. The van der Waals surface area contributed by atoms with E-state index in [-0.39, 0.29) is 12.3 Å². The zero-order chi connectivity index (χ0) is 11.4. The van der Waals surface area contributed by atoms with Gasteiger partial charge in [-0.15, -0.1) is 0 Å². The van der Waals surface area contributed by atoms with Crippen molar-refractivity contribution in [3.63, 3.8) is 0 Å². The van der Waals surface area contributed by atoms with Gasteiger partial charge in [-0.05, 0) is 23.6 Å². The number of aldehydes is 1. The van der Waals surface area contributed by atoms with E-state index in [0.717, 1.165) is 23.0 Å². The molecular weight excluding hydrogens is 192 g/mol. The van der Waals surface area contributed by atoms with Gasteiger partial charge >= 0.3 is 5.97 Å². The van der Waals surface area contributed by atoms with E-state index in [1.807, 2.05) is 13.0 Å². The average molecular weight is 206 g/mol. The van der Waals surface area contributed by atoms with E-state index in [4.69, 9.17) is 5.11 Å². The van der Waals surface area contributed by atoms with Crippen LogP contribution < -0.4 is 0 Å². The molecule has 15 heavy (non-hydrogen) atoms. The highest BCUT2D eigenvalue weighted by Gasteiger charge is 2.09. The number of hydrogen-bond donors (Lipinski definition) is 1. The lowest BCUT2D eigenvalue weighted by molar-refractivity contribution is -0.136. The van der Waals surface area contributed by atoms with Gasteiger partial charge in [-0.3, -0.25) is 4.79 Å². The number of rotatable bonds is 4. The number of aryl methyl sites for hydroxylation is 1. The maximum Gasteiger partial charge on any atom is 0.307 e. The van der Waals surface area contributed by atoms with Gasteiger partial charge in [0.05, 0.1) is 6.42 Å². The van der Waals surface area contributed by atoms with Crippen molar-refractivity contribution in [3.8, 4) is 0 Å². The molecule has 0 aliphatic heterocycles. The van der Waals surface area contributed by atoms with E-state index in [1.54, 1.807) is 19.1 Å². The highest BCUT2D eigenvalue weighted by atomic mass is 16.4. The number of carboxylic acids is 1. The van der Waals surface area contributed by atoms with Crippen LogP contribution in [0.2, 0.25) is 0 Å². The van der Waals surface area contributed by atoms with Crippen LogP contribution in [0.5, 0.6) is 0 Å². The molecule has 0 spiro atoms. The lowest BCUT2D eigenvalue weighted by Gasteiger charge is -2.10. The molecule has 0 aliphatic carbocycles. The Morgan fingerprint density at radius 3 is 2.73 bits per heavy atom. The molecule has 0 heterocycles. The Morgan fingerprint density at radius 2 is 2.20 bits per heavy atom. The van der Waals surface area contributed by atoms with Gasteiger partial charge in [-0.1, -0.05) is 25.1 Å². The summed E-state index contributed by atoms with van der Waals surface area (Å²) in [6.07, 6.45) is 0.867. The van der Waals surface area contributed by atoms with Crippen molar-refractivity contribution >= 4 is 12.3 Å². The molecule has 0 saturated heterocycles. The van der Waals surface area contributed by atoms with Crippen LogP contribution in [-0.4, -0.2) is 17.4 Å². The van der Waals surface area contributed by atoms with E-state index in [2.05, 4.69) is 0 Å². The SMILES string of the molecule is Cc1ccc(CC(=O)O)cc1C(C)C=O. The largest absolute Gasteiger partial charge is 0.481 e. The molecule has 3 nitrogen and oxygen atoms in total. The second kappa shape index (κ2) is 4.73. The van der Waals surface area contributed by atoms with Crippen molar-refractivity contribution in [2.45, 2.75) is 26.2 Å². The topological polar surface area (TPSA) is 54.4 Å². The van der Waals surface area contributed by atoms with E-state index in [1.165, 1.54) is 0 Å².